The van der Waals surface area contributed by atoms with E-state index in [4.69, 9.17) is 4.74 Å². The summed E-state index contributed by atoms with van der Waals surface area (Å²) in [6.45, 7) is 3.62. The van der Waals surface area contributed by atoms with E-state index in [1.165, 1.54) is 0 Å². The molecule has 0 bridgehead atoms. The lowest BCUT2D eigenvalue weighted by molar-refractivity contribution is 0.0851. The number of hydrogen-bond donors (Lipinski definition) is 1. The van der Waals surface area contributed by atoms with Gasteiger partial charge in [0.1, 0.15) is 5.82 Å². The third-order valence-electron chi connectivity index (χ3n) is 3.54. The van der Waals surface area contributed by atoms with Crippen LogP contribution in [0.3, 0.4) is 0 Å². The van der Waals surface area contributed by atoms with Crippen LogP contribution in [0.25, 0.3) is 0 Å². The zero-order chi connectivity index (χ0) is 12.4. The molecule has 0 spiro atoms. The lowest BCUT2D eigenvalue weighted by Crippen LogP contribution is -2.38. The van der Waals surface area contributed by atoms with E-state index in [9.17, 15) is 5.11 Å². The average Bonchev–Trinajstić information content (AvgIpc) is 2.63. The van der Waals surface area contributed by atoms with Crippen molar-refractivity contribution in [2.75, 3.05) is 25.2 Å². The molecule has 1 saturated heterocycles. The Balaban J connectivity index is 2.25. The maximum Gasteiger partial charge on any atom is 0.132 e. The number of nitrogens with zero attached hydrogens (tertiary/aromatic N) is 3. The van der Waals surface area contributed by atoms with E-state index in [2.05, 4.69) is 17.0 Å². The number of hydrogen-bond acceptors (Lipinski definition) is 4. The molecule has 1 aromatic rings. The summed E-state index contributed by atoms with van der Waals surface area (Å²) in [5.41, 5.74) is 1.84. The molecule has 17 heavy (non-hydrogen) atoms. The maximum atomic E-state index is 9.46. The van der Waals surface area contributed by atoms with E-state index in [-0.39, 0.29) is 6.61 Å². The second-order valence-corrected chi connectivity index (χ2v) is 4.62. The number of aromatic nitrogens is 2. The lowest BCUT2D eigenvalue weighted by Gasteiger charge is -2.33. The number of ether oxygens (including phenoxy) is 1. The number of aliphatic hydroxyl groups excluding tert-OH is 1. The Morgan fingerprint density at radius 1 is 1.47 bits per heavy atom. The summed E-state index contributed by atoms with van der Waals surface area (Å²) in [4.78, 5) is 2.23. The van der Waals surface area contributed by atoms with Crippen LogP contribution in [0, 0.1) is 6.92 Å². The van der Waals surface area contributed by atoms with E-state index in [0.717, 1.165) is 43.1 Å². The highest BCUT2D eigenvalue weighted by Crippen LogP contribution is 2.26. The van der Waals surface area contributed by atoms with Crippen LogP contribution in [0.2, 0.25) is 0 Å². The Labute approximate surface area is 102 Å². The molecule has 0 aromatic carbocycles. The Kier molecular flexibility index (Phi) is 3.69. The highest BCUT2D eigenvalue weighted by atomic mass is 16.5. The first kappa shape index (κ1) is 12.4. The molecule has 1 aliphatic heterocycles. The fraction of sp³-hybridized carbons (Fsp3) is 0.750. The largest absolute Gasteiger partial charge is 0.391 e. The molecular weight excluding hydrogens is 218 g/mol. The normalized spacial score (nSPS) is 17.4. The SMILES string of the molecule is Cc1nn(C)c(N(C)C2CCOCC2)c1CO. The molecular formula is C12H21N3O2. The average molecular weight is 239 g/mol. The van der Waals surface area contributed by atoms with Crippen LogP contribution in [0.5, 0.6) is 0 Å². The van der Waals surface area contributed by atoms with E-state index < -0.39 is 0 Å². The van der Waals surface area contributed by atoms with Gasteiger partial charge >= 0.3 is 0 Å². The van der Waals surface area contributed by atoms with Crippen molar-refractivity contribution in [3.63, 3.8) is 0 Å². The van der Waals surface area contributed by atoms with Gasteiger partial charge in [-0.05, 0) is 19.8 Å². The Morgan fingerprint density at radius 3 is 2.71 bits per heavy atom. The van der Waals surface area contributed by atoms with Crippen LogP contribution in [0.15, 0.2) is 0 Å². The van der Waals surface area contributed by atoms with Crippen molar-refractivity contribution in [3.8, 4) is 0 Å². The minimum Gasteiger partial charge on any atom is -0.391 e. The predicted molar refractivity (Wildman–Crippen MR) is 66.1 cm³/mol. The van der Waals surface area contributed by atoms with Crippen molar-refractivity contribution >= 4 is 5.82 Å². The summed E-state index contributed by atoms with van der Waals surface area (Å²) in [6, 6.07) is 0.476. The summed E-state index contributed by atoms with van der Waals surface area (Å²) in [5, 5.41) is 13.8. The van der Waals surface area contributed by atoms with Crippen molar-refractivity contribution in [1.29, 1.82) is 0 Å². The smallest absolute Gasteiger partial charge is 0.132 e. The van der Waals surface area contributed by atoms with Gasteiger partial charge in [-0.2, -0.15) is 5.10 Å². The molecule has 0 amide bonds. The van der Waals surface area contributed by atoms with Gasteiger partial charge in [0.25, 0.3) is 0 Å². The molecule has 1 aliphatic rings. The summed E-state index contributed by atoms with van der Waals surface area (Å²) < 4.78 is 7.24. The molecule has 96 valence electrons. The minimum absolute atomic E-state index is 0.0442. The van der Waals surface area contributed by atoms with E-state index in [0.29, 0.717) is 6.04 Å². The molecule has 0 saturated carbocycles. The lowest BCUT2D eigenvalue weighted by atomic mass is 10.1. The van der Waals surface area contributed by atoms with E-state index in [1.54, 1.807) is 0 Å². The van der Waals surface area contributed by atoms with Crippen molar-refractivity contribution in [1.82, 2.24) is 9.78 Å². The fourth-order valence-electron chi connectivity index (χ4n) is 2.56. The van der Waals surface area contributed by atoms with Gasteiger partial charge < -0.3 is 14.7 Å². The standard InChI is InChI=1S/C12H21N3O2/c1-9-11(8-16)12(15(3)13-9)14(2)10-4-6-17-7-5-10/h10,16H,4-8H2,1-3H3. The second-order valence-electron chi connectivity index (χ2n) is 4.62. The number of anilines is 1. The number of aryl methyl sites for hydroxylation is 2. The summed E-state index contributed by atoms with van der Waals surface area (Å²) >= 11 is 0. The zero-order valence-electron chi connectivity index (χ0n) is 10.8. The highest BCUT2D eigenvalue weighted by Gasteiger charge is 2.24. The Hall–Kier alpha value is -1.07. The number of rotatable bonds is 3. The van der Waals surface area contributed by atoms with Crippen LogP contribution in [0.4, 0.5) is 5.82 Å². The van der Waals surface area contributed by atoms with Gasteiger partial charge in [-0.3, -0.25) is 4.68 Å². The third-order valence-corrected chi connectivity index (χ3v) is 3.54. The molecule has 0 radical (unpaired) electrons. The third kappa shape index (κ3) is 2.30. The van der Waals surface area contributed by atoms with Gasteiger partial charge in [-0.15, -0.1) is 0 Å². The zero-order valence-corrected chi connectivity index (χ0v) is 10.8. The molecule has 0 unspecified atom stereocenters. The Morgan fingerprint density at radius 2 is 2.12 bits per heavy atom. The van der Waals surface area contributed by atoms with Crippen molar-refractivity contribution in [3.05, 3.63) is 11.3 Å². The topological polar surface area (TPSA) is 50.5 Å². The van der Waals surface area contributed by atoms with Gasteiger partial charge in [0, 0.05) is 38.9 Å². The minimum atomic E-state index is 0.0442. The first-order chi connectivity index (χ1) is 8.15. The van der Waals surface area contributed by atoms with Crippen LogP contribution in [-0.4, -0.2) is 41.2 Å². The van der Waals surface area contributed by atoms with Crippen molar-refractivity contribution < 1.29 is 9.84 Å². The molecule has 2 rings (SSSR count). The van der Waals surface area contributed by atoms with E-state index in [1.807, 2.05) is 18.7 Å². The molecule has 1 fully saturated rings. The Bertz CT molecular complexity index is 383. The molecule has 1 aromatic heterocycles. The molecule has 2 heterocycles. The molecule has 5 heteroatoms. The maximum absolute atomic E-state index is 9.46. The predicted octanol–water partition coefficient (Wildman–Crippen LogP) is 0.836. The van der Waals surface area contributed by atoms with Gasteiger partial charge in [-0.1, -0.05) is 0 Å². The first-order valence-corrected chi connectivity index (χ1v) is 6.09. The summed E-state index contributed by atoms with van der Waals surface area (Å²) in [7, 11) is 4.00. The van der Waals surface area contributed by atoms with Crippen LogP contribution < -0.4 is 4.90 Å². The first-order valence-electron chi connectivity index (χ1n) is 6.09. The van der Waals surface area contributed by atoms with Gasteiger partial charge in [0.15, 0.2) is 0 Å². The monoisotopic (exact) mass is 239 g/mol. The number of aliphatic hydroxyl groups is 1. The van der Waals surface area contributed by atoms with E-state index >= 15 is 0 Å². The van der Waals surface area contributed by atoms with Crippen LogP contribution in [-0.2, 0) is 18.4 Å². The second kappa shape index (κ2) is 5.06. The van der Waals surface area contributed by atoms with Crippen molar-refractivity contribution in [2.24, 2.45) is 7.05 Å². The molecule has 0 atom stereocenters. The fourth-order valence-corrected chi connectivity index (χ4v) is 2.56. The van der Waals surface area contributed by atoms with Gasteiger partial charge in [0.05, 0.1) is 12.3 Å². The van der Waals surface area contributed by atoms with Crippen LogP contribution in [0.1, 0.15) is 24.1 Å². The summed E-state index contributed by atoms with van der Waals surface area (Å²) in [6.07, 6.45) is 2.07. The van der Waals surface area contributed by atoms with Gasteiger partial charge in [0.2, 0.25) is 0 Å². The molecule has 0 aliphatic carbocycles. The van der Waals surface area contributed by atoms with Gasteiger partial charge in [-0.25, -0.2) is 0 Å². The van der Waals surface area contributed by atoms with Crippen molar-refractivity contribution in [2.45, 2.75) is 32.4 Å². The molecule has 1 N–H and O–H groups in total. The van der Waals surface area contributed by atoms with Crippen LogP contribution >= 0.6 is 0 Å². The highest BCUT2D eigenvalue weighted by molar-refractivity contribution is 5.50. The molecule has 5 nitrogen and oxygen atoms in total. The summed E-state index contributed by atoms with van der Waals surface area (Å²) in [5.74, 6) is 1.02. The quantitative estimate of drug-likeness (QED) is 0.849.